The number of amides is 1. The highest BCUT2D eigenvalue weighted by atomic mass is 16.6. The smallest absolute Gasteiger partial charge is 0.411 e. The van der Waals surface area contributed by atoms with Crippen LogP contribution in [0, 0.1) is 0 Å². The zero-order chi connectivity index (χ0) is 20.6. The highest BCUT2D eigenvalue weighted by molar-refractivity contribution is 5.69. The normalized spacial score (nSPS) is 16.7. The van der Waals surface area contributed by atoms with E-state index in [1.54, 1.807) is 6.07 Å². The van der Waals surface area contributed by atoms with E-state index in [1.807, 2.05) is 31.6 Å². The third-order valence-electron chi connectivity index (χ3n) is 4.83. The first kappa shape index (κ1) is 19.3. The zero-order valence-electron chi connectivity index (χ0n) is 17.0. The van der Waals surface area contributed by atoms with E-state index in [0.717, 1.165) is 31.4 Å². The molecule has 1 fully saturated rings. The minimum Gasteiger partial charge on any atom is -0.491 e. The lowest BCUT2D eigenvalue weighted by molar-refractivity contribution is 0.207. The van der Waals surface area contributed by atoms with E-state index in [1.165, 1.54) is 6.20 Å². The van der Waals surface area contributed by atoms with Gasteiger partial charge in [0.2, 0.25) is 5.88 Å². The second-order valence-electron chi connectivity index (χ2n) is 8.37. The molecule has 0 radical (unpaired) electrons. The van der Waals surface area contributed by atoms with Gasteiger partial charge in [-0.15, -0.1) is 0 Å². The van der Waals surface area contributed by atoms with E-state index in [2.05, 4.69) is 11.1 Å². The molecule has 1 saturated carbocycles. The van der Waals surface area contributed by atoms with Crippen LogP contribution in [0.5, 0.6) is 17.4 Å². The summed E-state index contributed by atoms with van der Waals surface area (Å²) in [5, 5.41) is 4.73. The predicted molar refractivity (Wildman–Crippen MR) is 107 cm³/mol. The topological polar surface area (TPSA) is 101 Å². The van der Waals surface area contributed by atoms with Crippen molar-refractivity contribution in [3.8, 4) is 17.4 Å². The maximum atomic E-state index is 11.3. The average Bonchev–Trinajstić information content (AvgIpc) is 3.42. The lowest BCUT2D eigenvalue weighted by atomic mass is 9.87. The van der Waals surface area contributed by atoms with Crippen LogP contribution in [-0.2, 0) is 10.2 Å². The Hall–Kier alpha value is -3.03. The Labute approximate surface area is 169 Å². The van der Waals surface area contributed by atoms with Crippen LogP contribution in [0.4, 0.5) is 4.79 Å². The van der Waals surface area contributed by atoms with Gasteiger partial charge in [-0.25, -0.2) is 9.78 Å². The van der Waals surface area contributed by atoms with Crippen molar-refractivity contribution in [2.24, 2.45) is 5.73 Å². The van der Waals surface area contributed by atoms with Crippen molar-refractivity contribution in [1.82, 2.24) is 14.8 Å². The first-order valence-corrected chi connectivity index (χ1v) is 9.90. The molecule has 1 amide bonds. The van der Waals surface area contributed by atoms with Gasteiger partial charge in [0.05, 0.1) is 24.4 Å². The van der Waals surface area contributed by atoms with Crippen molar-refractivity contribution in [2.75, 3.05) is 6.61 Å². The van der Waals surface area contributed by atoms with Gasteiger partial charge in [0, 0.05) is 6.20 Å². The minimum atomic E-state index is -0.914. The SMILES string of the molecule is CC(C)(C)c1c(Oc2cn(C3CC3)nc2C2=CCCCO2)ccnc1OC(N)=O. The molecular formula is C21H26N4O4. The number of carbonyl (C=O) groups excluding carboxylic acids is 1. The quantitative estimate of drug-likeness (QED) is 0.805. The fourth-order valence-electron chi connectivity index (χ4n) is 3.36. The van der Waals surface area contributed by atoms with Crippen LogP contribution in [0.3, 0.4) is 0 Å². The molecule has 1 aliphatic heterocycles. The number of allylic oxidation sites excluding steroid dienone is 1. The monoisotopic (exact) mass is 398 g/mol. The molecule has 0 saturated heterocycles. The van der Waals surface area contributed by atoms with Gasteiger partial charge < -0.3 is 19.9 Å². The molecule has 2 aromatic heterocycles. The third kappa shape index (κ3) is 4.21. The van der Waals surface area contributed by atoms with Crippen LogP contribution in [-0.4, -0.2) is 27.5 Å². The number of hydrogen-bond donors (Lipinski definition) is 1. The van der Waals surface area contributed by atoms with E-state index in [4.69, 9.17) is 25.0 Å². The Kier molecular flexibility index (Phi) is 4.94. The number of aromatic nitrogens is 3. The van der Waals surface area contributed by atoms with Crippen molar-refractivity contribution in [1.29, 1.82) is 0 Å². The van der Waals surface area contributed by atoms with Crippen molar-refractivity contribution < 1.29 is 19.0 Å². The molecule has 8 nitrogen and oxygen atoms in total. The molecule has 8 heteroatoms. The highest BCUT2D eigenvalue weighted by Crippen LogP contribution is 2.43. The maximum absolute atomic E-state index is 11.3. The van der Waals surface area contributed by atoms with Crippen LogP contribution >= 0.6 is 0 Å². The molecule has 0 aromatic carbocycles. The number of rotatable bonds is 5. The maximum Gasteiger partial charge on any atom is 0.411 e. The zero-order valence-corrected chi connectivity index (χ0v) is 17.0. The van der Waals surface area contributed by atoms with Crippen molar-refractivity contribution in [3.05, 3.63) is 35.8 Å². The average molecular weight is 398 g/mol. The molecule has 2 aliphatic rings. The fraction of sp³-hybridized carbons (Fsp3) is 0.476. The molecule has 29 heavy (non-hydrogen) atoms. The van der Waals surface area contributed by atoms with E-state index in [-0.39, 0.29) is 5.88 Å². The summed E-state index contributed by atoms with van der Waals surface area (Å²) in [4.78, 5) is 15.5. The molecule has 0 atom stereocenters. The van der Waals surface area contributed by atoms with E-state index in [9.17, 15) is 4.79 Å². The summed E-state index contributed by atoms with van der Waals surface area (Å²) in [6.45, 7) is 6.64. The Morgan fingerprint density at radius 3 is 2.72 bits per heavy atom. The highest BCUT2D eigenvalue weighted by Gasteiger charge is 2.30. The van der Waals surface area contributed by atoms with Gasteiger partial charge in [0.25, 0.3) is 0 Å². The molecule has 2 aromatic rings. The lowest BCUT2D eigenvalue weighted by Gasteiger charge is -2.24. The fourth-order valence-corrected chi connectivity index (χ4v) is 3.36. The minimum absolute atomic E-state index is 0.145. The van der Waals surface area contributed by atoms with Crippen LogP contribution in [0.2, 0.25) is 0 Å². The van der Waals surface area contributed by atoms with Gasteiger partial charge in [0.15, 0.2) is 11.4 Å². The molecule has 3 heterocycles. The summed E-state index contributed by atoms with van der Waals surface area (Å²) in [5.74, 6) is 2.03. The summed E-state index contributed by atoms with van der Waals surface area (Å²) in [7, 11) is 0. The number of nitrogens with two attached hydrogens (primary N) is 1. The number of carbonyl (C=O) groups is 1. The second kappa shape index (κ2) is 7.42. The number of ether oxygens (including phenoxy) is 3. The Morgan fingerprint density at radius 1 is 1.31 bits per heavy atom. The standard InChI is InChI=1S/C21H26N4O4/c1-21(2,3)17-14(9-10-23-19(17)29-20(22)26)28-16-12-25(13-7-8-13)24-18(16)15-6-4-5-11-27-15/h6,9-10,12-13H,4-5,7-8,11H2,1-3H3,(H2,22,26). The van der Waals surface area contributed by atoms with Crippen LogP contribution in [0.15, 0.2) is 24.5 Å². The predicted octanol–water partition coefficient (Wildman–Crippen LogP) is 4.31. The number of nitrogens with zero attached hydrogens (tertiary/aromatic N) is 3. The number of hydrogen-bond acceptors (Lipinski definition) is 6. The molecule has 0 unspecified atom stereocenters. The van der Waals surface area contributed by atoms with Crippen molar-refractivity contribution in [3.63, 3.8) is 0 Å². The second-order valence-corrected chi connectivity index (χ2v) is 8.37. The summed E-state index contributed by atoms with van der Waals surface area (Å²) < 4.78 is 19.2. The number of pyridine rings is 1. The lowest BCUT2D eigenvalue weighted by Crippen LogP contribution is -2.22. The summed E-state index contributed by atoms with van der Waals surface area (Å²) in [6.07, 6.45) is 8.74. The molecule has 154 valence electrons. The molecular weight excluding hydrogens is 372 g/mol. The van der Waals surface area contributed by atoms with Crippen LogP contribution < -0.4 is 15.2 Å². The van der Waals surface area contributed by atoms with E-state index >= 15 is 0 Å². The van der Waals surface area contributed by atoms with E-state index < -0.39 is 11.5 Å². The van der Waals surface area contributed by atoms with Crippen LogP contribution in [0.1, 0.15) is 63.8 Å². The summed E-state index contributed by atoms with van der Waals surface area (Å²) >= 11 is 0. The van der Waals surface area contributed by atoms with Crippen molar-refractivity contribution in [2.45, 2.75) is 57.9 Å². The third-order valence-corrected chi connectivity index (χ3v) is 4.83. The van der Waals surface area contributed by atoms with Gasteiger partial charge in [-0.05, 0) is 43.2 Å². The van der Waals surface area contributed by atoms with Gasteiger partial charge >= 0.3 is 6.09 Å². The molecule has 0 spiro atoms. The van der Waals surface area contributed by atoms with E-state index in [0.29, 0.717) is 35.4 Å². The summed E-state index contributed by atoms with van der Waals surface area (Å²) in [6, 6.07) is 2.16. The Bertz CT molecular complexity index is 954. The molecule has 0 bridgehead atoms. The summed E-state index contributed by atoms with van der Waals surface area (Å²) in [5.41, 5.74) is 6.16. The first-order valence-electron chi connectivity index (χ1n) is 9.90. The molecule has 4 rings (SSSR count). The molecule has 2 N–H and O–H groups in total. The number of primary amides is 1. The van der Waals surface area contributed by atoms with Gasteiger partial charge in [-0.2, -0.15) is 5.10 Å². The van der Waals surface area contributed by atoms with Gasteiger partial charge in [-0.3, -0.25) is 4.68 Å². The van der Waals surface area contributed by atoms with Gasteiger partial charge in [0.1, 0.15) is 11.5 Å². The Morgan fingerprint density at radius 2 is 2.10 bits per heavy atom. The first-order chi connectivity index (χ1) is 13.8. The van der Waals surface area contributed by atoms with Crippen molar-refractivity contribution >= 4 is 11.9 Å². The van der Waals surface area contributed by atoms with Gasteiger partial charge in [-0.1, -0.05) is 20.8 Å². The van der Waals surface area contributed by atoms with Crippen LogP contribution in [0.25, 0.3) is 5.76 Å². The molecule has 1 aliphatic carbocycles. The Balaban J connectivity index is 1.76. The largest absolute Gasteiger partial charge is 0.491 e.